The van der Waals surface area contributed by atoms with E-state index in [2.05, 4.69) is 5.16 Å². The SMILES string of the molecule is CS(=O)(=O)N1CCC(c2onc3c2CCCCC3)CC1. The van der Waals surface area contributed by atoms with Crippen LogP contribution >= 0.6 is 0 Å². The highest BCUT2D eigenvalue weighted by atomic mass is 32.2. The number of sulfonamides is 1. The number of fused-ring (bicyclic) bond motifs is 1. The molecule has 0 aromatic carbocycles. The van der Waals surface area contributed by atoms with Crippen LogP contribution < -0.4 is 0 Å². The third-order valence-electron chi connectivity index (χ3n) is 4.53. The zero-order chi connectivity index (χ0) is 14.2. The van der Waals surface area contributed by atoms with E-state index in [9.17, 15) is 8.42 Å². The van der Waals surface area contributed by atoms with Crippen LogP contribution in [0.1, 0.15) is 55.0 Å². The Balaban J connectivity index is 1.74. The van der Waals surface area contributed by atoms with Crippen LogP contribution in [0.5, 0.6) is 0 Å². The molecule has 1 aromatic heterocycles. The molecule has 1 saturated heterocycles. The van der Waals surface area contributed by atoms with Crippen LogP contribution in [-0.4, -0.2) is 37.2 Å². The smallest absolute Gasteiger partial charge is 0.211 e. The normalized spacial score (nSPS) is 22.4. The molecule has 0 spiro atoms. The van der Waals surface area contributed by atoms with E-state index in [1.165, 1.54) is 31.1 Å². The first-order chi connectivity index (χ1) is 9.55. The summed E-state index contributed by atoms with van der Waals surface area (Å²) in [4.78, 5) is 0. The second kappa shape index (κ2) is 5.48. The second-order valence-electron chi connectivity index (χ2n) is 5.97. The number of piperidine rings is 1. The van der Waals surface area contributed by atoms with Gasteiger partial charge >= 0.3 is 0 Å². The van der Waals surface area contributed by atoms with Crippen molar-refractivity contribution in [3.63, 3.8) is 0 Å². The average Bonchev–Trinajstić information content (AvgIpc) is 2.67. The van der Waals surface area contributed by atoms with Gasteiger partial charge in [0.1, 0.15) is 5.76 Å². The molecule has 6 heteroatoms. The molecule has 2 heterocycles. The van der Waals surface area contributed by atoms with Gasteiger partial charge in [0.2, 0.25) is 10.0 Å². The lowest BCUT2D eigenvalue weighted by Crippen LogP contribution is -2.37. The summed E-state index contributed by atoms with van der Waals surface area (Å²) >= 11 is 0. The fourth-order valence-corrected chi connectivity index (χ4v) is 4.24. The summed E-state index contributed by atoms with van der Waals surface area (Å²) in [5, 5.41) is 4.25. The predicted molar refractivity (Wildman–Crippen MR) is 76.2 cm³/mol. The number of aromatic nitrogens is 1. The maximum atomic E-state index is 11.5. The number of hydrogen-bond acceptors (Lipinski definition) is 4. The van der Waals surface area contributed by atoms with Crippen LogP contribution in [0.25, 0.3) is 0 Å². The van der Waals surface area contributed by atoms with Crippen LogP contribution in [0.15, 0.2) is 4.52 Å². The molecule has 0 radical (unpaired) electrons. The summed E-state index contributed by atoms with van der Waals surface area (Å²) in [6, 6.07) is 0. The zero-order valence-electron chi connectivity index (χ0n) is 12.0. The van der Waals surface area contributed by atoms with Gasteiger partial charge in [0.15, 0.2) is 0 Å². The van der Waals surface area contributed by atoms with Gasteiger partial charge in [-0.1, -0.05) is 11.6 Å². The molecule has 20 heavy (non-hydrogen) atoms. The third-order valence-corrected chi connectivity index (χ3v) is 5.84. The number of nitrogens with zero attached hydrogens (tertiary/aromatic N) is 2. The van der Waals surface area contributed by atoms with E-state index in [0.29, 0.717) is 19.0 Å². The van der Waals surface area contributed by atoms with E-state index in [-0.39, 0.29) is 0 Å². The Morgan fingerprint density at radius 2 is 1.85 bits per heavy atom. The van der Waals surface area contributed by atoms with Gasteiger partial charge in [0, 0.05) is 24.6 Å². The van der Waals surface area contributed by atoms with Crippen LogP contribution in [0.3, 0.4) is 0 Å². The molecule has 0 N–H and O–H groups in total. The minimum Gasteiger partial charge on any atom is -0.361 e. The Morgan fingerprint density at radius 1 is 1.15 bits per heavy atom. The minimum absolute atomic E-state index is 0.336. The van der Waals surface area contributed by atoms with E-state index in [4.69, 9.17) is 4.52 Å². The molecule has 3 rings (SSSR count). The van der Waals surface area contributed by atoms with Crippen molar-refractivity contribution >= 4 is 10.0 Å². The summed E-state index contributed by atoms with van der Waals surface area (Å²) in [7, 11) is -3.05. The van der Waals surface area contributed by atoms with Gasteiger partial charge in [-0.15, -0.1) is 0 Å². The third kappa shape index (κ3) is 2.76. The summed E-state index contributed by atoms with van der Waals surface area (Å²) in [5.41, 5.74) is 2.46. The van der Waals surface area contributed by atoms with Crippen LogP contribution in [0, 0.1) is 0 Å². The van der Waals surface area contributed by atoms with Gasteiger partial charge in [0.25, 0.3) is 0 Å². The number of rotatable bonds is 2. The number of aryl methyl sites for hydroxylation is 1. The van der Waals surface area contributed by atoms with E-state index >= 15 is 0 Å². The van der Waals surface area contributed by atoms with Crippen molar-refractivity contribution in [2.24, 2.45) is 0 Å². The first-order valence-electron chi connectivity index (χ1n) is 7.48. The van der Waals surface area contributed by atoms with Gasteiger partial charge in [-0.25, -0.2) is 12.7 Å². The zero-order valence-corrected chi connectivity index (χ0v) is 12.8. The molecule has 1 aliphatic heterocycles. The molecule has 112 valence electrons. The molecule has 1 aliphatic carbocycles. The van der Waals surface area contributed by atoms with Crippen LogP contribution in [0.2, 0.25) is 0 Å². The maximum absolute atomic E-state index is 11.5. The Labute approximate surface area is 120 Å². The highest BCUT2D eigenvalue weighted by molar-refractivity contribution is 7.88. The van der Waals surface area contributed by atoms with Gasteiger partial charge < -0.3 is 4.52 Å². The average molecular weight is 298 g/mol. The van der Waals surface area contributed by atoms with E-state index in [1.54, 1.807) is 4.31 Å². The lowest BCUT2D eigenvalue weighted by atomic mass is 9.91. The summed E-state index contributed by atoms with van der Waals surface area (Å²) in [5.74, 6) is 1.37. The molecule has 0 saturated carbocycles. The molecule has 0 atom stereocenters. The maximum Gasteiger partial charge on any atom is 0.211 e. The lowest BCUT2D eigenvalue weighted by molar-refractivity contribution is 0.274. The quantitative estimate of drug-likeness (QED) is 0.784. The van der Waals surface area contributed by atoms with Crippen molar-refractivity contribution in [3.05, 3.63) is 17.0 Å². The molecular formula is C14H22N2O3S. The highest BCUT2D eigenvalue weighted by Gasteiger charge is 2.30. The fraction of sp³-hybridized carbons (Fsp3) is 0.786. The molecule has 5 nitrogen and oxygen atoms in total. The molecular weight excluding hydrogens is 276 g/mol. The van der Waals surface area contributed by atoms with Crippen molar-refractivity contribution < 1.29 is 12.9 Å². The Morgan fingerprint density at radius 3 is 2.55 bits per heavy atom. The van der Waals surface area contributed by atoms with Crippen molar-refractivity contribution in [2.45, 2.75) is 50.9 Å². The topological polar surface area (TPSA) is 63.4 Å². The molecule has 1 aromatic rings. The van der Waals surface area contributed by atoms with Crippen molar-refractivity contribution in [3.8, 4) is 0 Å². The van der Waals surface area contributed by atoms with Gasteiger partial charge in [0.05, 0.1) is 11.9 Å². The summed E-state index contributed by atoms with van der Waals surface area (Å²) in [6.45, 7) is 1.19. The van der Waals surface area contributed by atoms with Gasteiger partial charge in [-0.3, -0.25) is 0 Å². The first kappa shape index (κ1) is 14.1. The Bertz CT molecular complexity index is 571. The summed E-state index contributed by atoms with van der Waals surface area (Å²) < 4.78 is 30.3. The van der Waals surface area contributed by atoms with E-state index in [0.717, 1.165) is 37.1 Å². The highest BCUT2D eigenvalue weighted by Crippen LogP contribution is 2.34. The lowest BCUT2D eigenvalue weighted by Gasteiger charge is -2.29. The Hall–Kier alpha value is -0.880. The molecule has 1 fully saturated rings. The monoisotopic (exact) mass is 298 g/mol. The molecule has 0 amide bonds. The molecule has 0 bridgehead atoms. The van der Waals surface area contributed by atoms with Gasteiger partial charge in [-0.05, 0) is 38.5 Å². The first-order valence-corrected chi connectivity index (χ1v) is 9.33. The predicted octanol–water partition coefficient (Wildman–Crippen LogP) is 2.08. The van der Waals surface area contributed by atoms with Gasteiger partial charge in [-0.2, -0.15) is 0 Å². The molecule has 2 aliphatic rings. The van der Waals surface area contributed by atoms with Crippen molar-refractivity contribution in [1.82, 2.24) is 9.46 Å². The second-order valence-corrected chi connectivity index (χ2v) is 7.95. The van der Waals surface area contributed by atoms with E-state index in [1.807, 2.05) is 0 Å². The fourth-order valence-electron chi connectivity index (χ4n) is 3.36. The van der Waals surface area contributed by atoms with E-state index < -0.39 is 10.0 Å². The minimum atomic E-state index is -3.05. The number of hydrogen-bond donors (Lipinski definition) is 0. The van der Waals surface area contributed by atoms with Crippen molar-refractivity contribution in [2.75, 3.05) is 19.3 Å². The summed E-state index contributed by atoms with van der Waals surface area (Å²) in [6.07, 6.45) is 8.75. The largest absolute Gasteiger partial charge is 0.361 e. The van der Waals surface area contributed by atoms with Crippen LogP contribution in [-0.2, 0) is 22.9 Å². The Kier molecular flexibility index (Phi) is 3.86. The van der Waals surface area contributed by atoms with Crippen LogP contribution in [0.4, 0.5) is 0 Å². The standard InChI is InChI=1S/C14H22N2O3S/c1-20(17,18)16-9-7-11(8-10-16)14-12-5-3-2-4-6-13(12)15-19-14/h11H,2-10H2,1H3. The molecule has 0 unspecified atom stereocenters. The van der Waals surface area contributed by atoms with Crippen molar-refractivity contribution in [1.29, 1.82) is 0 Å².